The van der Waals surface area contributed by atoms with Crippen LogP contribution < -0.4 is 9.64 Å². The second kappa shape index (κ2) is 8.25. The van der Waals surface area contributed by atoms with Gasteiger partial charge in [0, 0.05) is 38.6 Å². The number of furan rings is 1. The lowest BCUT2D eigenvalue weighted by atomic mass is 10.1. The monoisotopic (exact) mass is 379 g/mol. The molecule has 1 aliphatic rings. The van der Waals surface area contributed by atoms with Crippen molar-refractivity contribution in [2.45, 2.75) is 12.5 Å². The number of ether oxygens (including phenoxy) is 1. The van der Waals surface area contributed by atoms with E-state index in [1.165, 1.54) is 0 Å². The van der Waals surface area contributed by atoms with Gasteiger partial charge in [0.15, 0.2) is 0 Å². The van der Waals surface area contributed by atoms with Crippen molar-refractivity contribution in [3.8, 4) is 5.75 Å². The number of benzene rings is 1. The summed E-state index contributed by atoms with van der Waals surface area (Å²) in [6.07, 6.45) is 5.99. The lowest BCUT2D eigenvalue weighted by Crippen LogP contribution is -2.49. The normalized spacial score (nSPS) is 15.5. The predicted octanol–water partition coefficient (Wildman–Crippen LogP) is 3.42. The zero-order chi connectivity index (χ0) is 19.3. The molecule has 0 bridgehead atoms. The molecule has 3 heterocycles. The fourth-order valence-electron chi connectivity index (χ4n) is 3.77. The highest BCUT2D eigenvalue weighted by atomic mass is 16.5. The predicted molar refractivity (Wildman–Crippen MR) is 108 cm³/mol. The Hall–Kier alpha value is -3.15. The van der Waals surface area contributed by atoms with E-state index in [0.717, 1.165) is 30.3 Å². The van der Waals surface area contributed by atoms with E-state index in [4.69, 9.17) is 9.15 Å². The molecular formula is C22H25N3O3. The number of aromatic nitrogens is 1. The van der Waals surface area contributed by atoms with Crippen molar-refractivity contribution >= 4 is 11.6 Å². The Labute approximate surface area is 164 Å². The SMILES string of the molecule is COc1ccccc1N1CCN(C(=O)C[C@H](c2ccco2)n2cccc2)CC1. The molecule has 1 amide bonds. The third kappa shape index (κ3) is 3.76. The summed E-state index contributed by atoms with van der Waals surface area (Å²) in [6.45, 7) is 2.99. The average molecular weight is 379 g/mol. The summed E-state index contributed by atoms with van der Waals surface area (Å²) in [5.74, 6) is 1.82. The third-order valence-electron chi connectivity index (χ3n) is 5.29. The molecule has 0 radical (unpaired) electrons. The molecule has 6 heteroatoms. The minimum absolute atomic E-state index is 0.121. The summed E-state index contributed by atoms with van der Waals surface area (Å²) in [7, 11) is 1.69. The zero-order valence-electron chi connectivity index (χ0n) is 16.0. The average Bonchev–Trinajstić information content (AvgIpc) is 3.46. The molecule has 0 N–H and O–H groups in total. The van der Waals surface area contributed by atoms with E-state index >= 15 is 0 Å². The van der Waals surface area contributed by atoms with Gasteiger partial charge in [0.25, 0.3) is 0 Å². The number of methoxy groups -OCH3 is 1. The van der Waals surface area contributed by atoms with E-state index in [9.17, 15) is 4.79 Å². The number of para-hydroxylation sites is 2. The standard InChI is InChI=1S/C22H25N3O3/c1-27-20-8-3-2-7-18(20)24-12-14-25(15-13-24)22(26)17-19(21-9-6-16-28-21)23-10-4-5-11-23/h2-11,16,19H,12-15,17H2,1H3/t19-/m1/s1. The van der Waals surface area contributed by atoms with Gasteiger partial charge >= 0.3 is 0 Å². The highest BCUT2D eigenvalue weighted by molar-refractivity contribution is 5.77. The topological polar surface area (TPSA) is 50.9 Å². The van der Waals surface area contributed by atoms with Gasteiger partial charge in [0.2, 0.25) is 5.91 Å². The van der Waals surface area contributed by atoms with Gasteiger partial charge < -0.3 is 23.5 Å². The molecule has 1 atom stereocenters. The van der Waals surface area contributed by atoms with Crippen molar-refractivity contribution in [1.82, 2.24) is 9.47 Å². The van der Waals surface area contributed by atoms with Crippen molar-refractivity contribution in [2.24, 2.45) is 0 Å². The number of hydrogen-bond acceptors (Lipinski definition) is 4. The molecule has 1 saturated heterocycles. The fourth-order valence-corrected chi connectivity index (χ4v) is 3.77. The molecule has 1 aliphatic heterocycles. The maximum absolute atomic E-state index is 13.0. The first-order chi connectivity index (χ1) is 13.8. The van der Waals surface area contributed by atoms with Gasteiger partial charge in [-0.05, 0) is 36.4 Å². The number of piperazine rings is 1. The Morgan fingerprint density at radius 2 is 1.79 bits per heavy atom. The van der Waals surface area contributed by atoms with Gasteiger partial charge in [0.05, 0.1) is 31.5 Å². The maximum Gasteiger partial charge on any atom is 0.225 e. The summed E-state index contributed by atoms with van der Waals surface area (Å²) in [6, 6.07) is 15.6. The van der Waals surface area contributed by atoms with E-state index in [1.54, 1.807) is 13.4 Å². The third-order valence-corrected chi connectivity index (χ3v) is 5.29. The summed E-state index contributed by atoms with van der Waals surface area (Å²) < 4.78 is 13.1. The van der Waals surface area contributed by atoms with Gasteiger partial charge in [-0.1, -0.05) is 12.1 Å². The Bertz CT molecular complexity index is 847. The second-order valence-corrected chi connectivity index (χ2v) is 6.91. The lowest BCUT2D eigenvalue weighted by molar-refractivity contribution is -0.132. The summed E-state index contributed by atoms with van der Waals surface area (Å²) >= 11 is 0. The number of carbonyl (C=O) groups is 1. The molecule has 0 unspecified atom stereocenters. The van der Waals surface area contributed by atoms with Crippen LogP contribution in [-0.4, -0.2) is 48.7 Å². The zero-order valence-corrected chi connectivity index (χ0v) is 16.0. The van der Waals surface area contributed by atoms with E-state index in [0.29, 0.717) is 19.5 Å². The van der Waals surface area contributed by atoms with Crippen molar-refractivity contribution in [3.05, 3.63) is 72.9 Å². The Balaban J connectivity index is 1.41. The second-order valence-electron chi connectivity index (χ2n) is 6.91. The van der Waals surface area contributed by atoms with Crippen LogP contribution >= 0.6 is 0 Å². The molecule has 1 aromatic carbocycles. The molecule has 1 fully saturated rings. The molecule has 0 saturated carbocycles. The van der Waals surface area contributed by atoms with Gasteiger partial charge in [0.1, 0.15) is 11.5 Å². The number of nitrogens with zero attached hydrogens (tertiary/aromatic N) is 3. The number of anilines is 1. The Kier molecular flexibility index (Phi) is 5.37. The van der Waals surface area contributed by atoms with Crippen molar-refractivity contribution < 1.29 is 13.9 Å². The molecule has 3 aromatic rings. The first kappa shape index (κ1) is 18.2. The number of amides is 1. The lowest BCUT2D eigenvalue weighted by Gasteiger charge is -2.37. The molecular weight excluding hydrogens is 354 g/mol. The molecule has 0 spiro atoms. The van der Waals surface area contributed by atoms with Crippen LogP contribution in [-0.2, 0) is 4.79 Å². The molecule has 28 heavy (non-hydrogen) atoms. The Morgan fingerprint density at radius 3 is 2.46 bits per heavy atom. The van der Waals surface area contributed by atoms with Crippen LogP contribution in [0.3, 0.4) is 0 Å². The Morgan fingerprint density at radius 1 is 1.04 bits per heavy atom. The van der Waals surface area contributed by atoms with Gasteiger partial charge in [-0.25, -0.2) is 0 Å². The first-order valence-corrected chi connectivity index (χ1v) is 9.58. The van der Waals surface area contributed by atoms with Crippen molar-refractivity contribution in [1.29, 1.82) is 0 Å². The number of carbonyl (C=O) groups excluding carboxylic acids is 1. The molecule has 2 aromatic heterocycles. The highest BCUT2D eigenvalue weighted by Gasteiger charge is 2.27. The first-order valence-electron chi connectivity index (χ1n) is 9.58. The van der Waals surface area contributed by atoms with Crippen LogP contribution in [0.2, 0.25) is 0 Å². The van der Waals surface area contributed by atoms with E-state index in [2.05, 4.69) is 11.0 Å². The summed E-state index contributed by atoms with van der Waals surface area (Å²) in [5.41, 5.74) is 1.08. The molecule has 4 rings (SSSR count). The number of hydrogen-bond donors (Lipinski definition) is 0. The molecule has 6 nitrogen and oxygen atoms in total. The van der Waals surface area contributed by atoms with E-state index in [-0.39, 0.29) is 11.9 Å². The summed E-state index contributed by atoms with van der Waals surface area (Å²) in [4.78, 5) is 17.2. The molecule has 0 aliphatic carbocycles. The number of rotatable bonds is 6. The van der Waals surface area contributed by atoms with Crippen molar-refractivity contribution in [3.63, 3.8) is 0 Å². The maximum atomic E-state index is 13.0. The smallest absolute Gasteiger partial charge is 0.225 e. The van der Waals surface area contributed by atoms with Crippen LogP contribution in [0.4, 0.5) is 5.69 Å². The fraction of sp³-hybridized carbons (Fsp3) is 0.318. The van der Waals surface area contributed by atoms with Gasteiger partial charge in [-0.3, -0.25) is 4.79 Å². The van der Waals surface area contributed by atoms with Crippen LogP contribution in [0.5, 0.6) is 5.75 Å². The largest absolute Gasteiger partial charge is 0.495 e. The van der Waals surface area contributed by atoms with E-state index < -0.39 is 0 Å². The van der Waals surface area contributed by atoms with Crippen LogP contribution in [0.1, 0.15) is 18.2 Å². The minimum Gasteiger partial charge on any atom is -0.495 e. The van der Waals surface area contributed by atoms with Crippen LogP contribution in [0, 0.1) is 0 Å². The van der Waals surface area contributed by atoms with Crippen molar-refractivity contribution in [2.75, 3.05) is 38.2 Å². The highest BCUT2D eigenvalue weighted by Crippen LogP contribution is 2.29. The van der Waals surface area contributed by atoms with Crippen LogP contribution in [0.25, 0.3) is 0 Å². The summed E-state index contributed by atoms with van der Waals surface area (Å²) in [5, 5.41) is 0. The van der Waals surface area contributed by atoms with E-state index in [1.807, 2.05) is 64.3 Å². The molecule has 146 valence electrons. The van der Waals surface area contributed by atoms with Gasteiger partial charge in [-0.15, -0.1) is 0 Å². The minimum atomic E-state index is -0.121. The van der Waals surface area contributed by atoms with Gasteiger partial charge in [-0.2, -0.15) is 0 Å². The van der Waals surface area contributed by atoms with Crippen LogP contribution in [0.15, 0.2) is 71.6 Å². The quantitative estimate of drug-likeness (QED) is 0.659.